The summed E-state index contributed by atoms with van der Waals surface area (Å²) in [4.78, 5) is 7.81. The zero-order valence-electron chi connectivity index (χ0n) is 10.8. The van der Waals surface area contributed by atoms with Crippen molar-refractivity contribution in [2.45, 2.75) is 25.2 Å². The molecular weight excluding hydrogens is 323 g/mol. The maximum atomic E-state index is 11.7. The minimum Gasteiger partial charge on any atom is -0.220 e. The molecule has 0 saturated heterocycles. The molecule has 6 nitrogen and oxygen atoms in total. The molecule has 0 aliphatic heterocycles. The maximum absolute atomic E-state index is 11.7. The number of hydrogen-bond donors (Lipinski definition) is 0. The van der Waals surface area contributed by atoms with Crippen molar-refractivity contribution in [1.82, 2.24) is 19.7 Å². The molecule has 0 N–H and O–H groups in total. The minimum atomic E-state index is -4.00. The van der Waals surface area contributed by atoms with Crippen LogP contribution in [0.25, 0.3) is 5.95 Å². The molecule has 2 aromatic rings. The summed E-state index contributed by atoms with van der Waals surface area (Å²) in [6.07, 6.45) is 3.45. The van der Waals surface area contributed by atoms with Crippen molar-refractivity contribution in [3.05, 3.63) is 29.3 Å². The van der Waals surface area contributed by atoms with Gasteiger partial charge in [-0.25, -0.2) is 18.4 Å². The first kappa shape index (κ1) is 15.2. The van der Waals surface area contributed by atoms with E-state index in [9.17, 15) is 8.42 Å². The van der Waals surface area contributed by atoms with Gasteiger partial charge in [-0.3, -0.25) is 0 Å². The lowest BCUT2D eigenvalue weighted by molar-refractivity contribution is 0.600. The van der Waals surface area contributed by atoms with Gasteiger partial charge in [-0.2, -0.15) is 9.78 Å². The molecule has 0 bridgehead atoms. The Labute approximate surface area is 126 Å². The van der Waals surface area contributed by atoms with Crippen molar-refractivity contribution in [3.63, 3.8) is 0 Å². The Bertz CT molecular complexity index is 714. The van der Waals surface area contributed by atoms with E-state index in [4.69, 9.17) is 22.3 Å². The van der Waals surface area contributed by atoms with E-state index in [2.05, 4.69) is 15.1 Å². The zero-order valence-corrected chi connectivity index (χ0v) is 13.1. The largest absolute Gasteiger partial charge is 0.266 e. The molecule has 0 radical (unpaired) electrons. The Balaban J connectivity index is 2.65. The molecule has 0 fully saturated rings. The molecule has 108 valence electrons. The number of hydrogen-bond acceptors (Lipinski definition) is 5. The van der Waals surface area contributed by atoms with E-state index < -0.39 is 9.05 Å². The highest BCUT2D eigenvalue weighted by atomic mass is 35.7. The lowest BCUT2D eigenvalue weighted by atomic mass is 10.1. The summed E-state index contributed by atoms with van der Waals surface area (Å²) in [6.45, 7) is 3.88. The topological polar surface area (TPSA) is 77.7 Å². The monoisotopic (exact) mass is 334 g/mol. The van der Waals surface area contributed by atoms with Crippen LogP contribution in [0.3, 0.4) is 0 Å². The first-order valence-electron chi connectivity index (χ1n) is 5.80. The van der Waals surface area contributed by atoms with Crippen LogP contribution in [0.1, 0.15) is 19.5 Å². The average molecular weight is 335 g/mol. The Morgan fingerprint density at radius 1 is 1.30 bits per heavy atom. The normalized spacial score (nSPS) is 12.1. The van der Waals surface area contributed by atoms with Crippen molar-refractivity contribution in [2.24, 2.45) is 5.92 Å². The lowest BCUT2D eigenvalue weighted by Gasteiger charge is -2.02. The smallest absolute Gasteiger partial charge is 0.220 e. The molecule has 0 aliphatic carbocycles. The molecule has 0 amide bonds. The molecule has 0 aromatic carbocycles. The van der Waals surface area contributed by atoms with Crippen LogP contribution >= 0.6 is 22.3 Å². The summed E-state index contributed by atoms with van der Waals surface area (Å²) in [6, 6.07) is 1.63. The van der Waals surface area contributed by atoms with E-state index >= 15 is 0 Å². The van der Waals surface area contributed by atoms with Crippen molar-refractivity contribution >= 4 is 31.3 Å². The first-order valence-corrected chi connectivity index (χ1v) is 8.49. The van der Waals surface area contributed by atoms with Gasteiger partial charge in [-0.1, -0.05) is 25.4 Å². The van der Waals surface area contributed by atoms with Gasteiger partial charge in [0, 0.05) is 23.1 Å². The Morgan fingerprint density at radius 3 is 2.40 bits per heavy atom. The Morgan fingerprint density at radius 2 is 1.90 bits per heavy atom. The van der Waals surface area contributed by atoms with Gasteiger partial charge in [0.2, 0.25) is 0 Å². The second-order valence-electron chi connectivity index (χ2n) is 4.56. The zero-order chi connectivity index (χ0) is 14.9. The van der Waals surface area contributed by atoms with E-state index in [1.165, 1.54) is 17.1 Å². The van der Waals surface area contributed by atoms with E-state index in [1.54, 1.807) is 6.07 Å². The van der Waals surface area contributed by atoms with Gasteiger partial charge in [0.15, 0.2) is 5.15 Å². The summed E-state index contributed by atoms with van der Waals surface area (Å²) >= 11 is 6.09. The van der Waals surface area contributed by atoms with Crippen LogP contribution in [0, 0.1) is 5.92 Å². The third kappa shape index (κ3) is 3.11. The summed E-state index contributed by atoms with van der Waals surface area (Å²) < 4.78 is 24.6. The molecule has 0 spiro atoms. The number of rotatable bonds is 4. The molecule has 0 atom stereocenters. The van der Waals surface area contributed by atoms with E-state index in [-0.39, 0.29) is 21.9 Å². The fourth-order valence-corrected chi connectivity index (χ4v) is 3.55. The summed E-state index contributed by atoms with van der Waals surface area (Å²) in [5.41, 5.74) is 0.312. The van der Waals surface area contributed by atoms with Crippen LogP contribution in [-0.2, 0) is 15.5 Å². The van der Waals surface area contributed by atoms with Gasteiger partial charge < -0.3 is 0 Å². The standard InChI is InChI=1S/C11H12Cl2N4O2S/c1-7(2)6-8-9(20(13,18)19)10(12)17(16-8)11-14-4-3-5-15-11/h3-5,7H,6H2,1-2H3. The lowest BCUT2D eigenvalue weighted by Crippen LogP contribution is -2.03. The highest BCUT2D eigenvalue weighted by Gasteiger charge is 2.28. The summed E-state index contributed by atoms with van der Waals surface area (Å²) in [5.74, 6) is 0.386. The molecule has 20 heavy (non-hydrogen) atoms. The Kier molecular flexibility index (Phi) is 4.31. The number of nitrogens with zero attached hydrogens (tertiary/aromatic N) is 4. The van der Waals surface area contributed by atoms with Crippen LogP contribution < -0.4 is 0 Å². The average Bonchev–Trinajstić information content (AvgIpc) is 2.66. The number of aromatic nitrogens is 4. The quantitative estimate of drug-likeness (QED) is 0.802. The van der Waals surface area contributed by atoms with E-state index in [0.717, 1.165) is 0 Å². The predicted octanol–water partition coefficient (Wildman–Crippen LogP) is 2.44. The Hall–Kier alpha value is -1.18. The molecule has 2 aromatic heterocycles. The van der Waals surface area contributed by atoms with Gasteiger partial charge >= 0.3 is 0 Å². The minimum absolute atomic E-state index is 0.109. The molecule has 9 heteroatoms. The fraction of sp³-hybridized carbons (Fsp3) is 0.364. The maximum Gasteiger partial charge on any atom is 0.266 e. The molecular formula is C11H12Cl2N4O2S. The van der Waals surface area contributed by atoms with Crippen molar-refractivity contribution < 1.29 is 8.42 Å². The van der Waals surface area contributed by atoms with Crippen molar-refractivity contribution in [3.8, 4) is 5.95 Å². The van der Waals surface area contributed by atoms with Gasteiger partial charge in [0.05, 0.1) is 5.69 Å². The molecule has 0 unspecified atom stereocenters. The first-order chi connectivity index (χ1) is 9.30. The van der Waals surface area contributed by atoms with Crippen molar-refractivity contribution in [1.29, 1.82) is 0 Å². The SMILES string of the molecule is CC(C)Cc1nn(-c2ncccn2)c(Cl)c1S(=O)(=O)Cl. The molecule has 2 rings (SSSR count). The second kappa shape index (κ2) is 5.67. The summed E-state index contributed by atoms with van der Waals surface area (Å²) in [7, 11) is 1.45. The van der Waals surface area contributed by atoms with Crippen LogP contribution in [0.4, 0.5) is 0 Å². The fourth-order valence-electron chi connectivity index (χ4n) is 1.72. The van der Waals surface area contributed by atoms with Gasteiger partial charge in [0.25, 0.3) is 15.0 Å². The van der Waals surface area contributed by atoms with Gasteiger partial charge in [-0.15, -0.1) is 0 Å². The number of halogens is 2. The second-order valence-corrected chi connectivity index (χ2v) is 7.42. The van der Waals surface area contributed by atoms with Crippen molar-refractivity contribution in [2.75, 3.05) is 0 Å². The van der Waals surface area contributed by atoms with Crippen LogP contribution in [0.5, 0.6) is 0 Å². The van der Waals surface area contributed by atoms with Gasteiger partial charge in [-0.05, 0) is 18.4 Å². The van der Waals surface area contributed by atoms with E-state index in [1.807, 2.05) is 13.8 Å². The third-order valence-corrected chi connectivity index (χ3v) is 4.28. The van der Waals surface area contributed by atoms with Gasteiger partial charge in [0.1, 0.15) is 4.90 Å². The summed E-state index contributed by atoms with van der Waals surface area (Å²) in [5, 5.41) is 4.07. The molecule has 0 aliphatic rings. The van der Waals surface area contributed by atoms with E-state index in [0.29, 0.717) is 12.1 Å². The molecule has 0 saturated carbocycles. The highest BCUT2D eigenvalue weighted by Crippen LogP contribution is 2.31. The predicted molar refractivity (Wildman–Crippen MR) is 75.7 cm³/mol. The third-order valence-electron chi connectivity index (χ3n) is 2.44. The van der Waals surface area contributed by atoms with Crippen LogP contribution in [0.2, 0.25) is 5.15 Å². The highest BCUT2D eigenvalue weighted by molar-refractivity contribution is 8.13. The van der Waals surface area contributed by atoms with Crippen LogP contribution in [-0.4, -0.2) is 28.2 Å². The van der Waals surface area contributed by atoms with Crippen LogP contribution in [0.15, 0.2) is 23.4 Å². The molecule has 2 heterocycles.